The Morgan fingerprint density at radius 1 is 1.37 bits per heavy atom. The van der Waals surface area contributed by atoms with Gasteiger partial charge in [0.2, 0.25) is 5.91 Å². The molecular formula is C13H18N2O3S. The number of nitrogens with zero attached hydrogens (tertiary/aromatic N) is 1. The molecule has 0 atom stereocenters. The average molecular weight is 282 g/mol. The van der Waals surface area contributed by atoms with Crippen molar-refractivity contribution in [2.75, 3.05) is 6.54 Å². The second-order valence-electron chi connectivity index (χ2n) is 4.88. The zero-order valence-electron chi connectivity index (χ0n) is 10.7. The fraction of sp³-hybridized carbons (Fsp3) is 0.538. The van der Waals surface area contributed by atoms with Crippen molar-refractivity contribution in [3.63, 3.8) is 0 Å². The van der Waals surface area contributed by atoms with Gasteiger partial charge in [-0.1, -0.05) is 12.8 Å². The van der Waals surface area contributed by atoms with Crippen LogP contribution < -0.4 is 5.73 Å². The van der Waals surface area contributed by atoms with Crippen LogP contribution in [-0.4, -0.2) is 34.5 Å². The number of primary amides is 1. The summed E-state index contributed by atoms with van der Waals surface area (Å²) in [4.78, 5) is 25.4. The van der Waals surface area contributed by atoms with Gasteiger partial charge in [-0.15, -0.1) is 11.3 Å². The molecular weight excluding hydrogens is 264 g/mol. The van der Waals surface area contributed by atoms with Crippen LogP contribution in [0.15, 0.2) is 12.1 Å². The van der Waals surface area contributed by atoms with Crippen molar-refractivity contribution in [1.29, 1.82) is 0 Å². The van der Waals surface area contributed by atoms with Gasteiger partial charge in [-0.05, 0) is 25.0 Å². The van der Waals surface area contributed by atoms with E-state index in [0.717, 1.165) is 17.7 Å². The molecule has 5 nitrogen and oxygen atoms in total. The maximum atomic E-state index is 11.2. The molecule has 0 aromatic carbocycles. The minimum absolute atomic E-state index is 0.241. The molecule has 1 aromatic rings. The van der Waals surface area contributed by atoms with Crippen molar-refractivity contribution < 1.29 is 14.7 Å². The van der Waals surface area contributed by atoms with Crippen molar-refractivity contribution >= 4 is 23.2 Å². The van der Waals surface area contributed by atoms with Crippen LogP contribution in [0.2, 0.25) is 0 Å². The molecule has 19 heavy (non-hydrogen) atoms. The van der Waals surface area contributed by atoms with Crippen LogP contribution in [0.4, 0.5) is 0 Å². The third kappa shape index (κ3) is 3.78. The minimum Gasteiger partial charge on any atom is -0.477 e. The Balaban J connectivity index is 2.05. The summed E-state index contributed by atoms with van der Waals surface area (Å²) >= 11 is 1.26. The number of carbonyl (C=O) groups is 2. The summed E-state index contributed by atoms with van der Waals surface area (Å²) in [5.41, 5.74) is 5.30. The smallest absolute Gasteiger partial charge is 0.345 e. The molecule has 0 saturated heterocycles. The second-order valence-corrected chi connectivity index (χ2v) is 6.05. The molecule has 0 aliphatic heterocycles. The predicted octanol–water partition coefficient (Wildman–Crippen LogP) is 1.68. The van der Waals surface area contributed by atoms with Crippen LogP contribution in [0.3, 0.4) is 0 Å². The summed E-state index contributed by atoms with van der Waals surface area (Å²) in [5.74, 6) is -1.24. The van der Waals surface area contributed by atoms with E-state index >= 15 is 0 Å². The van der Waals surface area contributed by atoms with Crippen LogP contribution in [-0.2, 0) is 11.3 Å². The van der Waals surface area contributed by atoms with Crippen molar-refractivity contribution in [2.45, 2.75) is 38.3 Å². The van der Waals surface area contributed by atoms with Crippen molar-refractivity contribution in [1.82, 2.24) is 4.90 Å². The SMILES string of the molecule is NC(=O)CN(Cc1ccc(C(=O)O)s1)C1CCCC1. The Bertz CT molecular complexity index is 466. The number of carboxylic acid groups (broad SMARTS) is 1. The van der Waals surface area contributed by atoms with Gasteiger partial charge >= 0.3 is 5.97 Å². The predicted molar refractivity (Wildman–Crippen MR) is 73.1 cm³/mol. The Morgan fingerprint density at radius 3 is 2.58 bits per heavy atom. The van der Waals surface area contributed by atoms with Crippen LogP contribution in [0.25, 0.3) is 0 Å². The number of rotatable bonds is 6. The molecule has 1 aromatic heterocycles. The van der Waals surface area contributed by atoms with Crippen LogP contribution in [0.5, 0.6) is 0 Å². The van der Waals surface area contributed by atoms with Gasteiger partial charge in [0, 0.05) is 17.5 Å². The minimum atomic E-state index is -0.904. The molecule has 1 saturated carbocycles. The lowest BCUT2D eigenvalue weighted by Gasteiger charge is -2.26. The Labute approximate surface area is 116 Å². The second kappa shape index (κ2) is 6.16. The molecule has 3 N–H and O–H groups in total. The van der Waals surface area contributed by atoms with E-state index in [4.69, 9.17) is 10.8 Å². The first-order valence-corrected chi connectivity index (χ1v) is 7.22. The van der Waals surface area contributed by atoms with Crippen LogP contribution in [0.1, 0.15) is 40.2 Å². The van der Waals surface area contributed by atoms with E-state index in [0.29, 0.717) is 17.5 Å². The monoisotopic (exact) mass is 282 g/mol. The van der Waals surface area contributed by atoms with E-state index in [1.54, 1.807) is 6.07 Å². The average Bonchev–Trinajstić information content (AvgIpc) is 2.98. The number of nitrogens with two attached hydrogens (primary N) is 1. The summed E-state index contributed by atoms with van der Waals surface area (Å²) in [5, 5.41) is 8.91. The van der Waals surface area contributed by atoms with Crippen molar-refractivity contribution in [2.24, 2.45) is 5.73 Å². The molecule has 1 aliphatic rings. The number of carbonyl (C=O) groups excluding carboxylic acids is 1. The van der Waals surface area contributed by atoms with Gasteiger partial charge in [0.1, 0.15) is 4.88 Å². The molecule has 1 heterocycles. The third-order valence-corrected chi connectivity index (χ3v) is 4.49. The van der Waals surface area contributed by atoms with Crippen LogP contribution in [0, 0.1) is 0 Å². The largest absolute Gasteiger partial charge is 0.477 e. The first-order chi connectivity index (χ1) is 9.06. The highest BCUT2D eigenvalue weighted by Gasteiger charge is 2.24. The third-order valence-electron chi connectivity index (χ3n) is 3.43. The van der Waals surface area contributed by atoms with E-state index in [1.807, 2.05) is 6.07 Å². The molecule has 0 unspecified atom stereocenters. The molecule has 6 heteroatoms. The van der Waals surface area contributed by atoms with Gasteiger partial charge in [0.05, 0.1) is 6.54 Å². The topological polar surface area (TPSA) is 83.6 Å². The van der Waals surface area contributed by atoms with E-state index in [2.05, 4.69) is 4.90 Å². The Hall–Kier alpha value is -1.40. The number of thiophene rings is 1. The maximum Gasteiger partial charge on any atom is 0.345 e. The van der Waals surface area contributed by atoms with E-state index in [9.17, 15) is 9.59 Å². The molecule has 0 radical (unpaired) electrons. The Morgan fingerprint density at radius 2 is 2.05 bits per heavy atom. The van der Waals surface area contributed by atoms with Gasteiger partial charge in [-0.25, -0.2) is 4.79 Å². The summed E-state index contributed by atoms with van der Waals surface area (Å²) < 4.78 is 0. The van der Waals surface area contributed by atoms with Gasteiger partial charge in [0.15, 0.2) is 0 Å². The van der Waals surface area contributed by atoms with Gasteiger partial charge in [0.25, 0.3) is 0 Å². The standard InChI is InChI=1S/C13H18N2O3S/c14-12(16)8-15(9-3-1-2-4-9)7-10-5-6-11(19-10)13(17)18/h5-6,9H,1-4,7-8H2,(H2,14,16)(H,17,18). The quantitative estimate of drug-likeness (QED) is 0.831. The van der Waals surface area contributed by atoms with Crippen molar-refractivity contribution in [3.8, 4) is 0 Å². The molecule has 104 valence electrons. The lowest BCUT2D eigenvalue weighted by Crippen LogP contribution is -2.39. The molecule has 2 rings (SSSR count). The first-order valence-electron chi connectivity index (χ1n) is 6.40. The first kappa shape index (κ1) is 14.0. The number of amides is 1. The van der Waals surface area contributed by atoms with Crippen LogP contribution >= 0.6 is 11.3 Å². The summed E-state index contributed by atoms with van der Waals surface area (Å²) in [7, 11) is 0. The normalized spacial score (nSPS) is 16.1. The lowest BCUT2D eigenvalue weighted by atomic mass is 10.2. The maximum absolute atomic E-state index is 11.2. The summed E-state index contributed by atoms with van der Waals surface area (Å²) in [6, 6.07) is 3.82. The lowest BCUT2D eigenvalue weighted by molar-refractivity contribution is -0.119. The molecule has 0 bridgehead atoms. The zero-order valence-corrected chi connectivity index (χ0v) is 11.5. The highest BCUT2D eigenvalue weighted by molar-refractivity contribution is 7.13. The van der Waals surface area contributed by atoms with E-state index in [-0.39, 0.29) is 12.5 Å². The Kier molecular flexibility index (Phi) is 4.55. The summed E-state index contributed by atoms with van der Waals surface area (Å²) in [6.07, 6.45) is 4.55. The fourth-order valence-electron chi connectivity index (χ4n) is 2.56. The van der Waals surface area contributed by atoms with Crippen molar-refractivity contribution in [3.05, 3.63) is 21.9 Å². The highest BCUT2D eigenvalue weighted by atomic mass is 32.1. The molecule has 1 fully saturated rings. The molecule has 0 spiro atoms. The van der Waals surface area contributed by atoms with Gasteiger partial charge < -0.3 is 10.8 Å². The number of hydrogen-bond acceptors (Lipinski definition) is 4. The fourth-order valence-corrected chi connectivity index (χ4v) is 3.43. The number of aromatic carboxylic acids is 1. The van der Waals surface area contributed by atoms with Gasteiger partial charge in [-0.2, -0.15) is 0 Å². The molecule has 1 aliphatic carbocycles. The number of hydrogen-bond donors (Lipinski definition) is 2. The van der Waals surface area contributed by atoms with Gasteiger partial charge in [-0.3, -0.25) is 9.69 Å². The van der Waals surface area contributed by atoms with E-state index < -0.39 is 5.97 Å². The summed E-state index contributed by atoms with van der Waals surface area (Å²) in [6.45, 7) is 0.844. The highest BCUT2D eigenvalue weighted by Crippen LogP contribution is 2.26. The zero-order chi connectivity index (χ0) is 13.8. The molecule has 1 amide bonds. The number of carboxylic acids is 1. The van der Waals surface area contributed by atoms with E-state index in [1.165, 1.54) is 24.2 Å².